The van der Waals surface area contributed by atoms with E-state index in [0.717, 1.165) is 25.7 Å². The van der Waals surface area contributed by atoms with Crippen molar-refractivity contribution < 1.29 is 22.7 Å². The number of halogens is 1. The molecule has 3 rings (SSSR count). The molecule has 0 bridgehead atoms. The van der Waals surface area contributed by atoms with E-state index in [0.29, 0.717) is 5.56 Å². The van der Waals surface area contributed by atoms with Crippen LogP contribution in [-0.4, -0.2) is 32.5 Å². The monoisotopic (exact) mass is 424 g/mol. The molecule has 0 amide bonds. The van der Waals surface area contributed by atoms with Gasteiger partial charge in [0.05, 0.1) is 12.7 Å². The van der Waals surface area contributed by atoms with Crippen molar-refractivity contribution in [3.05, 3.63) is 52.8 Å². The predicted molar refractivity (Wildman–Crippen MR) is 104 cm³/mol. The number of hydrogen-bond acceptors (Lipinski definition) is 6. The van der Waals surface area contributed by atoms with Gasteiger partial charge < -0.3 is 9.47 Å². The molecule has 0 radical (unpaired) electrons. The number of aromatic nitrogens is 1. The Balaban J connectivity index is 1.79. The Kier molecular flexibility index (Phi) is 6.53. The number of methoxy groups -OCH3 is 1. The van der Waals surface area contributed by atoms with Crippen LogP contribution in [0.5, 0.6) is 5.75 Å². The van der Waals surface area contributed by atoms with Crippen LogP contribution in [0, 0.1) is 0 Å². The average Bonchev–Trinajstić information content (AvgIpc) is 3.19. The summed E-state index contributed by atoms with van der Waals surface area (Å²) in [6.45, 7) is -0.0695. The zero-order valence-corrected chi connectivity index (χ0v) is 16.9. The van der Waals surface area contributed by atoms with Crippen LogP contribution in [0.1, 0.15) is 41.6 Å². The lowest BCUT2D eigenvalue weighted by molar-refractivity contribution is 0.0472. The first-order valence-electron chi connectivity index (χ1n) is 8.87. The van der Waals surface area contributed by atoms with E-state index in [4.69, 9.17) is 21.1 Å². The van der Waals surface area contributed by atoms with Crippen molar-refractivity contribution in [3.8, 4) is 5.75 Å². The maximum Gasteiger partial charge on any atom is 0.338 e. The van der Waals surface area contributed by atoms with Gasteiger partial charge in [0.1, 0.15) is 22.4 Å². The maximum atomic E-state index is 12.8. The van der Waals surface area contributed by atoms with Gasteiger partial charge in [0.15, 0.2) is 0 Å². The molecule has 0 unspecified atom stereocenters. The number of ether oxygens (including phenoxy) is 2. The van der Waals surface area contributed by atoms with Crippen LogP contribution in [0.2, 0.25) is 5.15 Å². The molecule has 1 aliphatic rings. The molecule has 1 aromatic carbocycles. The van der Waals surface area contributed by atoms with Crippen LogP contribution < -0.4 is 9.46 Å². The summed E-state index contributed by atoms with van der Waals surface area (Å²) >= 11 is 5.95. The van der Waals surface area contributed by atoms with E-state index in [1.54, 1.807) is 12.1 Å². The van der Waals surface area contributed by atoms with Crippen LogP contribution in [0.15, 0.2) is 41.4 Å². The number of rotatable bonds is 7. The number of hydrogen-bond donors (Lipinski definition) is 1. The highest BCUT2D eigenvalue weighted by molar-refractivity contribution is 7.89. The molecule has 1 N–H and O–H groups in total. The summed E-state index contributed by atoms with van der Waals surface area (Å²) in [4.78, 5) is 16.2. The highest BCUT2D eigenvalue weighted by Gasteiger charge is 2.27. The van der Waals surface area contributed by atoms with Crippen LogP contribution in [0.3, 0.4) is 0 Å². The lowest BCUT2D eigenvalue weighted by Gasteiger charge is -2.15. The Labute approximate surface area is 169 Å². The minimum absolute atomic E-state index is 0.0695. The molecule has 1 fully saturated rings. The molecular weight excluding hydrogens is 404 g/mol. The lowest BCUT2D eigenvalue weighted by Crippen LogP contribution is -2.33. The number of nitrogens with one attached hydrogen (secondary N) is 1. The van der Waals surface area contributed by atoms with Crippen molar-refractivity contribution in [3.63, 3.8) is 0 Å². The lowest BCUT2D eigenvalue weighted by atomic mass is 10.2. The minimum Gasteiger partial charge on any atom is -0.495 e. The van der Waals surface area contributed by atoms with Gasteiger partial charge in [-0.15, -0.1) is 0 Å². The van der Waals surface area contributed by atoms with Crippen LogP contribution in [-0.2, 0) is 21.4 Å². The summed E-state index contributed by atoms with van der Waals surface area (Å²) in [7, 11) is -2.45. The molecule has 0 aliphatic heterocycles. The normalized spacial score (nSPS) is 14.8. The number of carbonyl (C=O) groups is 1. The standard InChI is InChI=1S/C19H21ClN2O5S/c1-26-16-9-8-13(19(23)27-12-14-5-4-10-21-18(14)20)11-17(16)28(24,25)22-15-6-2-3-7-15/h4-5,8-11,15,22H,2-3,6-7,12H2,1H3. The number of carbonyl (C=O) groups excluding carboxylic acids is 1. The van der Waals surface area contributed by atoms with E-state index in [1.165, 1.54) is 31.5 Å². The van der Waals surface area contributed by atoms with E-state index >= 15 is 0 Å². The zero-order chi connectivity index (χ0) is 20.1. The molecule has 0 saturated heterocycles. The molecule has 28 heavy (non-hydrogen) atoms. The SMILES string of the molecule is COc1ccc(C(=O)OCc2cccnc2Cl)cc1S(=O)(=O)NC1CCCC1. The van der Waals surface area contributed by atoms with E-state index in [-0.39, 0.29) is 34.0 Å². The Hall–Kier alpha value is -2.16. The maximum absolute atomic E-state index is 12.8. The smallest absolute Gasteiger partial charge is 0.338 e. The topological polar surface area (TPSA) is 94.6 Å². The first-order chi connectivity index (χ1) is 13.4. The molecule has 1 aromatic heterocycles. The minimum atomic E-state index is -3.83. The summed E-state index contributed by atoms with van der Waals surface area (Å²) in [5, 5.41) is 0.245. The van der Waals surface area contributed by atoms with Gasteiger partial charge in [0.2, 0.25) is 10.0 Å². The number of benzene rings is 1. The largest absolute Gasteiger partial charge is 0.495 e. The van der Waals surface area contributed by atoms with Crippen molar-refractivity contribution in [2.75, 3.05) is 7.11 Å². The van der Waals surface area contributed by atoms with Gasteiger partial charge in [0.25, 0.3) is 0 Å². The van der Waals surface area contributed by atoms with Crippen molar-refractivity contribution in [1.29, 1.82) is 0 Å². The van der Waals surface area contributed by atoms with Gasteiger partial charge in [-0.1, -0.05) is 30.5 Å². The molecule has 1 heterocycles. The first-order valence-corrected chi connectivity index (χ1v) is 10.7. The third-order valence-corrected chi connectivity index (χ3v) is 6.44. The molecule has 150 valence electrons. The van der Waals surface area contributed by atoms with Gasteiger partial charge >= 0.3 is 5.97 Å². The molecule has 1 saturated carbocycles. The second kappa shape index (κ2) is 8.89. The quantitative estimate of drug-likeness (QED) is 0.541. The van der Waals surface area contributed by atoms with E-state index in [1.807, 2.05) is 0 Å². The van der Waals surface area contributed by atoms with Crippen molar-refractivity contribution in [2.24, 2.45) is 0 Å². The fourth-order valence-electron chi connectivity index (χ4n) is 3.09. The molecule has 1 aliphatic carbocycles. The van der Waals surface area contributed by atoms with Crippen LogP contribution in [0.25, 0.3) is 0 Å². The van der Waals surface area contributed by atoms with Crippen molar-refractivity contribution in [1.82, 2.24) is 9.71 Å². The summed E-state index contributed by atoms with van der Waals surface area (Å²) in [5.41, 5.74) is 0.661. The molecule has 0 atom stereocenters. The van der Waals surface area contributed by atoms with Gasteiger partial charge in [-0.25, -0.2) is 22.9 Å². The van der Waals surface area contributed by atoms with Gasteiger partial charge in [-0.3, -0.25) is 0 Å². The molecule has 7 nitrogen and oxygen atoms in total. The van der Waals surface area contributed by atoms with Gasteiger partial charge in [-0.2, -0.15) is 0 Å². The van der Waals surface area contributed by atoms with Crippen LogP contribution in [0.4, 0.5) is 0 Å². The third-order valence-electron chi connectivity index (χ3n) is 4.56. The Morgan fingerprint density at radius 2 is 2.04 bits per heavy atom. The third kappa shape index (κ3) is 4.81. The summed E-state index contributed by atoms with van der Waals surface area (Å²) < 4.78 is 38.7. The zero-order valence-electron chi connectivity index (χ0n) is 15.4. The molecule has 9 heteroatoms. The second-order valence-corrected chi connectivity index (χ2v) is 8.54. The summed E-state index contributed by atoms with van der Waals surface area (Å²) in [6, 6.07) is 7.44. The van der Waals surface area contributed by atoms with E-state index in [2.05, 4.69) is 9.71 Å². The number of nitrogens with zero attached hydrogens (tertiary/aromatic N) is 1. The van der Waals surface area contributed by atoms with E-state index in [9.17, 15) is 13.2 Å². The average molecular weight is 425 g/mol. The second-order valence-electron chi connectivity index (χ2n) is 6.50. The summed E-state index contributed by atoms with van der Waals surface area (Å²) in [6.07, 6.45) is 5.12. The van der Waals surface area contributed by atoms with E-state index < -0.39 is 16.0 Å². The van der Waals surface area contributed by atoms with Gasteiger partial charge in [0, 0.05) is 17.8 Å². The number of sulfonamides is 1. The fourth-order valence-corrected chi connectivity index (χ4v) is 4.77. The van der Waals surface area contributed by atoms with Crippen LogP contribution >= 0.6 is 11.6 Å². The van der Waals surface area contributed by atoms with Crippen molar-refractivity contribution >= 4 is 27.6 Å². The first kappa shape index (κ1) is 20.6. The van der Waals surface area contributed by atoms with Gasteiger partial charge in [-0.05, 0) is 37.1 Å². The molecule has 0 spiro atoms. The number of pyridine rings is 1. The van der Waals surface area contributed by atoms with Crippen molar-refractivity contribution in [2.45, 2.75) is 43.2 Å². The fraction of sp³-hybridized carbons (Fsp3) is 0.368. The molecule has 2 aromatic rings. The molecular formula is C19H21ClN2O5S. The highest BCUT2D eigenvalue weighted by Crippen LogP contribution is 2.27. The summed E-state index contributed by atoms with van der Waals surface area (Å²) in [5.74, 6) is -0.503. The Morgan fingerprint density at radius 1 is 1.29 bits per heavy atom. The Bertz CT molecular complexity index is 959. The highest BCUT2D eigenvalue weighted by atomic mass is 35.5. The Morgan fingerprint density at radius 3 is 2.71 bits per heavy atom. The number of esters is 1. The predicted octanol–water partition coefficient (Wildman–Crippen LogP) is 3.32.